The third-order valence-corrected chi connectivity index (χ3v) is 20.5. The van der Waals surface area contributed by atoms with Crippen LogP contribution >= 0.6 is 0 Å². The Hall–Kier alpha value is -11.9. The number of likely N-dealkylation sites (tertiary alicyclic amines) is 1. The fraction of sp³-hybridized carbons (Fsp3) is 0.579. The number of likely N-dealkylation sites (N-methyl/N-ethyl adjacent to an activating group) is 2. The molecular formula is C76H114N20O22S. The van der Waals surface area contributed by atoms with Crippen LogP contribution in [-0.2, 0) is 109 Å². The predicted octanol–water partition coefficient (Wildman–Crippen LogP) is -5.63. The summed E-state index contributed by atoms with van der Waals surface area (Å²) in [5, 5.41) is 38.5. The minimum atomic E-state index is -5.43. The van der Waals surface area contributed by atoms with E-state index in [1.54, 1.807) is 109 Å². The molecule has 15 atom stereocenters. The Labute approximate surface area is 688 Å². The number of nitrogens with zero attached hydrogens (tertiary/aromatic N) is 4. The van der Waals surface area contributed by atoms with Gasteiger partial charge in [0.05, 0.1) is 12.5 Å². The number of carbonyl (C=O) groups is 17. The van der Waals surface area contributed by atoms with E-state index in [9.17, 15) is 80.4 Å². The Morgan fingerprint density at radius 2 is 1.31 bits per heavy atom. The van der Waals surface area contributed by atoms with E-state index in [-0.39, 0.29) is 45.2 Å². The van der Waals surface area contributed by atoms with Crippen LogP contribution in [0.25, 0.3) is 10.9 Å². The number of ether oxygens (including phenoxy) is 1. The molecule has 2 aromatic carbocycles. The van der Waals surface area contributed by atoms with Gasteiger partial charge in [-0.15, -0.1) is 0 Å². The number of aromatic nitrogens is 1. The Bertz CT molecular complexity index is 4320. The summed E-state index contributed by atoms with van der Waals surface area (Å²) in [4.78, 5) is 249. The van der Waals surface area contributed by atoms with Gasteiger partial charge in [0.2, 0.25) is 95.0 Å². The summed E-state index contributed by atoms with van der Waals surface area (Å²) >= 11 is 0. The lowest BCUT2D eigenvalue weighted by Gasteiger charge is -2.35. The van der Waals surface area contributed by atoms with Gasteiger partial charge in [0.15, 0.2) is 5.96 Å². The molecular weight excluding hydrogens is 1580 g/mol. The number of hydrogen-bond acceptors (Lipinski definition) is 22. The first-order valence-electron chi connectivity index (χ1n) is 38.7. The number of aliphatic imine (C=N–C) groups is 1. The summed E-state index contributed by atoms with van der Waals surface area (Å²) in [7, 11) is -3.44. The van der Waals surface area contributed by atoms with E-state index in [2.05, 4.69) is 68.5 Å². The molecule has 22 N–H and O–H groups in total. The molecule has 0 saturated carbocycles. The third-order valence-electron chi connectivity index (χ3n) is 19.7. The lowest BCUT2D eigenvalue weighted by atomic mass is 9.85. The number of amides is 16. The summed E-state index contributed by atoms with van der Waals surface area (Å²) in [6, 6.07) is -6.47. The van der Waals surface area contributed by atoms with Crippen molar-refractivity contribution >= 4 is 128 Å². The molecule has 0 bridgehead atoms. The fourth-order valence-corrected chi connectivity index (χ4v) is 14.0. The van der Waals surface area contributed by atoms with Crippen LogP contribution in [0.15, 0.2) is 65.8 Å². The number of nitrogens with two attached hydrogens (primary N) is 4. The second-order valence-electron chi connectivity index (χ2n) is 31.4. The van der Waals surface area contributed by atoms with Crippen molar-refractivity contribution < 1.29 is 104 Å². The average molecular weight is 1690 g/mol. The number of aliphatic hydroxyl groups excluding tert-OH is 1. The highest BCUT2D eigenvalue weighted by Gasteiger charge is 2.45. The fourth-order valence-electron chi connectivity index (χ4n) is 13.3. The normalized spacial score (nSPS) is 20.7. The van der Waals surface area contributed by atoms with Crippen molar-refractivity contribution in [2.45, 2.75) is 224 Å². The maximum absolute atomic E-state index is 15.3. The van der Waals surface area contributed by atoms with Crippen LogP contribution in [0, 0.1) is 17.3 Å². The molecule has 43 heteroatoms. The number of cyclic esters (lactones) is 1. The second-order valence-corrected chi connectivity index (χ2v) is 32.9. The monoisotopic (exact) mass is 1690 g/mol. The van der Waals surface area contributed by atoms with Crippen LogP contribution in [0.2, 0.25) is 0 Å². The molecule has 2 aliphatic heterocycles. The molecule has 0 spiro atoms. The van der Waals surface area contributed by atoms with Crippen molar-refractivity contribution in [3.63, 3.8) is 0 Å². The zero-order valence-electron chi connectivity index (χ0n) is 68.6. The smallest absolute Gasteiger partial charge is 0.325 e. The van der Waals surface area contributed by atoms with Crippen molar-refractivity contribution in [1.82, 2.24) is 78.2 Å². The number of esters is 1. The average Bonchev–Trinajstić information content (AvgIpc) is 1.76. The molecule has 2 saturated heterocycles. The number of aromatic amines is 1. The number of fused-ring (bicyclic) bond motifs is 1. The van der Waals surface area contributed by atoms with Gasteiger partial charge in [-0.25, -0.2) is 0 Å². The highest BCUT2D eigenvalue weighted by Crippen LogP contribution is 2.26. The van der Waals surface area contributed by atoms with Crippen molar-refractivity contribution in [2.24, 2.45) is 45.2 Å². The molecule has 656 valence electrons. The molecule has 0 aliphatic carbocycles. The maximum atomic E-state index is 15.3. The number of para-hydroxylation sites is 1. The highest BCUT2D eigenvalue weighted by molar-refractivity contribution is 7.85. The van der Waals surface area contributed by atoms with E-state index < -0.39 is 257 Å². The summed E-state index contributed by atoms with van der Waals surface area (Å²) in [5.41, 5.74) is 22.7. The molecule has 1 aromatic heterocycles. The number of aliphatic hydroxyl groups is 1. The molecule has 3 heterocycles. The molecule has 16 amide bonds. The SMILES string of the molecule is CC(C)CC1NC(=O)C(CCC(N)=O)N(C)C(=O)C(NC(=O)C(CS(=O)(=O)O)NC(=O)C(CCCN=C(N)N)NC(=O)C(Cc2c[nH]c3ccccc23)NC(=O)C(NC(=O)C(NC(=O)C2CCCN2C(=O)C(Cc2ccccc2)NC(=O)C(C)NC=O)C(C)C)C(C)(C)C)C(C)OC(=O)CN(C)C(=O)C(C(C)O)NC(=O)C(CC(N)=O)NC1=O. The van der Waals surface area contributed by atoms with Crippen LogP contribution in [0.1, 0.15) is 132 Å². The number of guanidine groups is 1. The number of nitrogens with one attached hydrogen (secondary N) is 12. The molecule has 15 unspecified atom stereocenters. The third kappa shape index (κ3) is 29.9. The Morgan fingerprint density at radius 1 is 0.706 bits per heavy atom. The van der Waals surface area contributed by atoms with E-state index >= 15 is 19.2 Å². The van der Waals surface area contributed by atoms with Gasteiger partial charge in [-0.3, -0.25) is 91.1 Å². The lowest BCUT2D eigenvalue weighted by Crippen LogP contribution is -2.64. The quantitative estimate of drug-likeness (QED) is 0.00644. The number of hydrogen-bond donors (Lipinski definition) is 18. The van der Waals surface area contributed by atoms with Crippen LogP contribution in [0.4, 0.5) is 0 Å². The summed E-state index contributed by atoms with van der Waals surface area (Å²) in [5.74, 6) is -21.0. The van der Waals surface area contributed by atoms with Gasteiger partial charge in [0.1, 0.15) is 96.9 Å². The summed E-state index contributed by atoms with van der Waals surface area (Å²) in [6.45, 7) is 13.5. The first kappa shape index (κ1) is 97.7. The van der Waals surface area contributed by atoms with Crippen molar-refractivity contribution in [3.05, 3.63) is 71.9 Å². The van der Waals surface area contributed by atoms with Crippen LogP contribution < -0.4 is 81.4 Å². The molecule has 2 aliphatic rings. The topological polar surface area (TPSA) is 648 Å². The van der Waals surface area contributed by atoms with E-state index in [1.807, 2.05) is 0 Å². The van der Waals surface area contributed by atoms with Crippen molar-refractivity contribution in [3.8, 4) is 0 Å². The largest absolute Gasteiger partial charge is 0.459 e. The molecule has 3 aromatic rings. The summed E-state index contributed by atoms with van der Waals surface area (Å²) < 4.78 is 42.2. The number of rotatable bonds is 36. The Balaban J connectivity index is 1.54. The van der Waals surface area contributed by atoms with Gasteiger partial charge in [-0.05, 0) is 93.7 Å². The van der Waals surface area contributed by atoms with Gasteiger partial charge < -0.3 is 111 Å². The summed E-state index contributed by atoms with van der Waals surface area (Å²) in [6.07, 6.45) is -4.74. The molecule has 42 nitrogen and oxygen atoms in total. The van der Waals surface area contributed by atoms with E-state index in [4.69, 9.17) is 27.7 Å². The zero-order valence-corrected chi connectivity index (χ0v) is 69.4. The zero-order chi connectivity index (χ0) is 89.2. The first-order valence-corrected chi connectivity index (χ1v) is 40.3. The lowest BCUT2D eigenvalue weighted by molar-refractivity contribution is -0.158. The van der Waals surface area contributed by atoms with Gasteiger partial charge in [-0.1, -0.05) is 97.0 Å². The Kier molecular flexibility index (Phi) is 36.6. The number of benzene rings is 2. The number of H-pyrrole nitrogens is 1. The number of primary amides is 2. The molecule has 0 radical (unpaired) electrons. The van der Waals surface area contributed by atoms with Crippen molar-refractivity contribution in [2.75, 3.05) is 39.5 Å². The van der Waals surface area contributed by atoms with Crippen LogP contribution in [0.5, 0.6) is 0 Å². The van der Waals surface area contributed by atoms with Gasteiger partial charge in [-0.2, -0.15) is 8.42 Å². The highest BCUT2D eigenvalue weighted by atomic mass is 32.2. The molecule has 2 fully saturated rings. The van der Waals surface area contributed by atoms with Gasteiger partial charge in [0.25, 0.3) is 10.1 Å². The standard InChI is InChI=1S/C76H114N20O22S/c1-38(2)30-48-64(104)85-50(33-56(78)100)66(106)91-59(41(6)98)73(113)94(11)35-57(101)118-42(7)60(74(114)95(12)53(68(108)86-48)26-27-55(77)99)92-67(107)52(36-119(115,116)117)89-63(103)47(24-18-28-81-75(79)80)84-65(105)49(32-44-34-82-46-23-17-16-22-45(44)46)87-71(111)61(76(8,9)10)93-70(110)58(39(3)4)90-69(109)54-25-19-29-96(54)72(112)51(31-43-20-14-13-15-21-43)88-62(102)40(5)83-37-97/h13-17,20-23,34,37-42,47-54,58-61,82,98H,18-19,24-33,35-36H2,1-12H3,(H2,77,99)(H2,78,100)(H,83,97)(H,84,105)(H,85,104)(H,86,108)(H,87,111)(H,88,102)(H,89,103)(H,90,109)(H,91,106)(H,92,107)(H,93,110)(H4,79,80,81)(H,115,116,117). The first-order chi connectivity index (χ1) is 55.6. The van der Waals surface area contributed by atoms with Crippen LogP contribution in [-0.4, -0.2) is 275 Å². The van der Waals surface area contributed by atoms with E-state index in [0.717, 1.165) is 27.9 Å². The van der Waals surface area contributed by atoms with Gasteiger partial charge >= 0.3 is 5.97 Å². The number of carbonyl (C=O) groups excluding carboxylic acids is 17. The van der Waals surface area contributed by atoms with Crippen molar-refractivity contribution in [1.29, 1.82) is 0 Å². The van der Waals surface area contributed by atoms with Gasteiger partial charge in [0, 0.05) is 63.5 Å². The van der Waals surface area contributed by atoms with Crippen LogP contribution in [0.3, 0.4) is 0 Å². The minimum absolute atomic E-state index is 0.0102. The maximum Gasteiger partial charge on any atom is 0.325 e. The second kappa shape index (κ2) is 44.6. The molecule has 119 heavy (non-hydrogen) atoms. The van der Waals surface area contributed by atoms with E-state index in [1.165, 1.54) is 11.8 Å². The molecule has 5 rings (SSSR count). The Morgan fingerprint density at radius 3 is 1.91 bits per heavy atom. The van der Waals surface area contributed by atoms with E-state index in [0.29, 0.717) is 44.7 Å². The minimum Gasteiger partial charge on any atom is -0.459 e. The predicted molar refractivity (Wildman–Crippen MR) is 429 cm³/mol.